The van der Waals surface area contributed by atoms with Crippen LogP contribution < -0.4 is 10.1 Å². The number of urea groups is 1. The molecule has 6 nitrogen and oxygen atoms in total. The molecule has 0 saturated heterocycles. The lowest BCUT2D eigenvalue weighted by molar-refractivity contribution is -0.136. The van der Waals surface area contributed by atoms with Crippen LogP contribution in [0.1, 0.15) is 39.3 Å². The standard InChI is InChI=1S/C18H24N2O4/c1-11-14(16(21)24-6)15(12-7-9-13(23-5)10-8-12)19-17(22)20(11)18(2,3)4/h7-10,15H,1-6H3,(H,19,22). The third-order valence-corrected chi connectivity index (χ3v) is 4.01. The largest absolute Gasteiger partial charge is 0.497 e. The minimum Gasteiger partial charge on any atom is -0.497 e. The van der Waals surface area contributed by atoms with Gasteiger partial charge in [-0.3, -0.25) is 4.90 Å². The predicted molar refractivity (Wildman–Crippen MR) is 90.6 cm³/mol. The van der Waals surface area contributed by atoms with Crippen molar-refractivity contribution >= 4 is 12.0 Å². The topological polar surface area (TPSA) is 67.9 Å². The molecule has 130 valence electrons. The van der Waals surface area contributed by atoms with Gasteiger partial charge < -0.3 is 14.8 Å². The van der Waals surface area contributed by atoms with Gasteiger partial charge in [0.2, 0.25) is 0 Å². The van der Waals surface area contributed by atoms with Crippen molar-refractivity contribution < 1.29 is 19.1 Å². The minimum atomic E-state index is -0.561. The quantitative estimate of drug-likeness (QED) is 0.864. The SMILES string of the molecule is COC(=O)C1=C(C)N(C(C)(C)C)C(=O)NC1c1ccc(OC)cc1. The molecule has 0 radical (unpaired) electrons. The molecular formula is C18H24N2O4. The fourth-order valence-electron chi connectivity index (χ4n) is 2.97. The van der Waals surface area contributed by atoms with Crippen molar-refractivity contribution in [3.05, 3.63) is 41.1 Å². The van der Waals surface area contributed by atoms with Crippen molar-refractivity contribution in [2.75, 3.05) is 14.2 Å². The fraction of sp³-hybridized carbons (Fsp3) is 0.444. The number of esters is 1. The Bertz CT molecular complexity index is 671. The minimum absolute atomic E-state index is 0.242. The summed E-state index contributed by atoms with van der Waals surface area (Å²) in [6.07, 6.45) is 0. The van der Waals surface area contributed by atoms with Crippen molar-refractivity contribution in [3.8, 4) is 5.75 Å². The summed E-state index contributed by atoms with van der Waals surface area (Å²) < 4.78 is 10.1. The second-order valence-electron chi connectivity index (χ2n) is 6.65. The number of methoxy groups -OCH3 is 2. The number of amides is 2. The lowest BCUT2D eigenvalue weighted by atomic mass is 9.92. The average molecular weight is 332 g/mol. The number of carbonyl (C=O) groups is 2. The molecule has 1 heterocycles. The van der Waals surface area contributed by atoms with Gasteiger partial charge in [-0.1, -0.05) is 12.1 Å². The van der Waals surface area contributed by atoms with Gasteiger partial charge in [-0.25, -0.2) is 9.59 Å². The normalized spacial score (nSPS) is 18.3. The van der Waals surface area contributed by atoms with Crippen LogP contribution in [0.25, 0.3) is 0 Å². The zero-order valence-electron chi connectivity index (χ0n) is 15.0. The molecule has 0 aromatic heterocycles. The zero-order chi connectivity index (χ0) is 18.1. The molecule has 2 amide bonds. The molecule has 1 unspecified atom stereocenters. The van der Waals surface area contributed by atoms with E-state index < -0.39 is 17.6 Å². The summed E-state index contributed by atoms with van der Waals surface area (Å²) >= 11 is 0. The number of allylic oxidation sites excluding steroid dienone is 1. The van der Waals surface area contributed by atoms with E-state index in [4.69, 9.17) is 9.47 Å². The number of ether oxygens (including phenoxy) is 2. The Kier molecular flexibility index (Phi) is 4.87. The highest BCUT2D eigenvalue weighted by Gasteiger charge is 2.40. The molecular weight excluding hydrogens is 308 g/mol. The molecule has 24 heavy (non-hydrogen) atoms. The number of nitrogens with zero attached hydrogens (tertiary/aromatic N) is 1. The third-order valence-electron chi connectivity index (χ3n) is 4.01. The number of nitrogens with one attached hydrogen (secondary N) is 1. The summed E-state index contributed by atoms with van der Waals surface area (Å²) in [6.45, 7) is 7.52. The molecule has 0 spiro atoms. The van der Waals surface area contributed by atoms with Crippen molar-refractivity contribution in [3.63, 3.8) is 0 Å². The molecule has 2 rings (SSSR count). The molecule has 0 fully saturated rings. The second-order valence-corrected chi connectivity index (χ2v) is 6.65. The van der Waals surface area contributed by atoms with Crippen molar-refractivity contribution in [2.45, 2.75) is 39.3 Å². The Hall–Kier alpha value is -2.50. The van der Waals surface area contributed by atoms with Crippen LogP contribution in [0.15, 0.2) is 35.5 Å². The molecule has 1 aromatic rings. The first-order valence-corrected chi connectivity index (χ1v) is 7.74. The molecule has 0 saturated carbocycles. The van der Waals surface area contributed by atoms with Crippen molar-refractivity contribution in [1.82, 2.24) is 10.2 Å². The smallest absolute Gasteiger partial charge is 0.337 e. The molecule has 0 bridgehead atoms. The van der Waals surface area contributed by atoms with E-state index >= 15 is 0 Å². The van der Waals surface area contributed by atoms with Gasteiger partial charge in [0.05, 0.1) is 25.8 Å². The lowest BCUT2D eigenvalue weighted by Crippen LogP contribution is -2.54. The fourth-order valence-corrected chi connectivity index (χ4v) is 2.97. The average Bonchev–Trinajstić information content (AvgIpc) is 2.52. The number of carbonyl (C=O) groups excluding carboxylic acids is 2. The third kappa shape index (κ3) is 3.22. The van der Waals surface area contributed by atoms with E-state index in [9.17, 15) is 9.59 Å². The maximum atomic E-state index is 12.6. The van der Waals surface area contributed by atoms with E-state index in [0.29, 0.717) is 17.0 Å². The molecule has 1 aliphatic rings. The van der Waals surface area contributed by atoms with E-state index in [0.717, 1.165) is 5.56 Å². The molecule has 0 aliphatic carbocycles. The van der Waals surface area contributed by atoms with Gasteiger partial charge in [-0.2, -0.15) is 0 Å². The van der Waals surface area contributed by atoms with Crippen LogP contribution in [0.2, 0.25) is 0 Å². The maximum absolute atomic E-state index is 12.6. The highest BCUT2D eigenvalue weighted by Crippen LogP contribution is 2.35. The van der Waals surface area contributed by atoms with Gasteiger partial charge in [-0.05, 0) is 45.4 Å². The summed E-state index contributed by atoms with van der Waals surface area (Å²) in [7, 11) is 2.92. The first-order valence-electron chi connectivity index (χ1n) is 7.74. The summed E-state index contributed by atoms with van der Waals surface area (Å²) in [5, 5.41) is 2.91. The van der Waals surface area contributed by atoms with E-state index in [2.05, 4.69) is 5.32 Å². The van der Waals surface area contributed by atoms with Crippen LogP contribution >= 0.6 is 0 Å². The molecule has 1 aromatic carbocycles. The van der Waals surface area contributed by atoms with Crippen LogP contribution in [0.3, 0.4) is 0 Å². The Labute approximate surface area is 142 Å². The first kappa shape index (κ1) is 17.8. The van der Waals surface area contributed by atoms with Crippen LogP contribution in [0.5, 0.6) is 5.75 Å². The lowest BCUT2D eigenvalue weighted by Gasteiger charge is -2.42. The molecule has 6 heteroatoms. The number of hydrogen-bond acceptors (Lipinski definition) is 4. The van der Waals surface area contributed by atoms with Crippen LogP contribution in [0.4, 0.5) is 4.79 Å². The van der Waals surface area contributed by atoms with Gasteiger partial charge >= 0.3 is 12.0 Å². The van der Waals surface area contributed by atoms with Gasteiger partial charge in [0.15, 0.2) is 0 Å². The summed E-state index contributed by atoms with van der Waals surface area (Å²) in [4.78, 5) is 26.6. The first-order chi connectivity index (χ1) is 11.2. The van der Waals surface area contributed by atoms with Crippen LogP contribution in [-0.2, 0) is 9.53 Å². The summed E-state index contributed by atoms with van der Waals surface area (Å²) in [5.74, 6) is 0.250. The highest BCUT2D eigenvalue weighted by molar-refractivity contribution is 5.95. The van der Waals surface area contributed by atoms with E-state index in [1.807, 2.05) is 32.9 Å². The summed E-state index contributed by atoms with van der Waals surface area (Å²) in [6, 6.07) is 6.44. The predicted octanol–water partition coefficient (Wildman–Crippen LogP) is 3.01. The Balaban J connectivity index is 2.56. The van der Waals surface area contributed by atoms with Crippen LogP contribution in [0, 0.1) is 0 Å². The Morgan fingerprint density at radius 2 is 1.75 bits per heavy atom. The number of rotatable bonds is 3. The Morgan fingerprint density at radius 3 is 2.21 bits per heavy atom. The monoisotopic (exact) mass is 332 g/mol. The van der Waals surface area contributed by atoms with Crippen molar-refractivity contribution in [1.29, 1.82) is 0 Å². The molecule has 1 atom stereocenters. The second kappa shape index (κ2) is 6.55. The van der Waals surface area contributed by atoms with E-state index in [1.54, 1.807) is 31.1 Å². The van der Waals surface area contributed by atoms with Gasteiger partial charge in [0.25, 0.3) is 0 Å². The van der Waals surface area contributed by atoms with Crippen molar-refractivity contribution in [2.24, 2.45) is 0 Å². The Morgan fingerprint density at radius 1 is 1.17 bits per heavy atom. The maximum Gasteiger partial charge on any atom is 0.337 e. The number of hydrogen-bond donors (Lipinski definition) is 1. The van der Waals surface area contributed by atoms with Crippen LogP contribution in [-0.4, -0.2) is 36.7 Å². The van der Waals surface area contributed by atoms with Gasteiger partial charge in [-0.15, -0.1) is 0 Å². The van der Waals surface area contributed by atoms with Gasteiger partial charge in [0.1, 0.15) is 5.75 Å². The molecule has 1 N–H and O–H groups in total. The van der Waals surface area contributed by atoms with E-state index in [-0.39, 0.29) is 6.03 Å². The zero-order valence-corrected chi connectivity index (χ0v) is 15.0. The summed E-state index contributed by atoms with van der Waals surface area (Å²) in [5.41, 5.74) is 1.35. The highest BCUT2D eigenvalue weighted by atomic mass is 16.5. The van der Waals surface area contributed by atoms with Gasteiger partial charge in [0, 0.05) is 11.2 Å². The van der Waals surface area contributed by atoms with E-state index in [1.165, 1.54) is 7.11 Å². The number of benzene rings is 1. The molecule has 1 aliphatic heterocycles.